The Morgan fingerprint density at radius 2 is 1.90 bits per heavy atom. The number of carbonyl (C=O) groups is 1. The zero-order valence-electron chi connectivity index (χ0n) is 16.8. The van der Waals surface area contributed by atoms with Crippen molar-refractivity contribution < 1.29 is 19.0 Å². The van der Waals surface area contributed by atoms with E-state index < -0.39 is 0 Å². The minimum Gasteiger partial charge on any atom is -0.497 e. The molecule has 0 saturated heterocycles. The van der Waals surface area contributed by atoms with Gasteiger partial charge in [-0.3, -0.25) is 4.79 Å². The number of nitrogens with zero attached hydrogens (tertiary/aromatic N) is 2. The van der Waals surface area contributed by atoms with E-state index in [-0.39, 0.29) is 11.7 Å². The summed E-state index contributed by atoms with van der Waals surface area (Å²) >= 11 is 1.22. The van der Waals surface area contributed by atoms with E-state index in [4.69, 9.17) is 14.2 Å². The van der Waals surface area contributed by atoms with Gasteiger partial charge in [0.15, 0.2) is 11.5 Å². The minimum absolute atomic E-state index is 0.113. The number of hydrogen-bond acceptors (Lipinski definition) is 7. The minimum atomic E-state index is -0.206. The van der Waals surface area contributed by atoms with Crippen molar-refractivity contribution >= 4 is 23.4 Å². The van der Waals surface area contributed by atoms with Crippen molar-refractivity contribution in [2.45, 2.75) is 5.03 Å². The van der Waals surface area contributed by atoms with Gasteiger partial charge in [-0.25, -0.2) is 4.98 Å². The number of fused-ring (bicyclic) bond motifs is 1. The SMILES string of the molecule is COc1ccc(-c2ccc(C#N)c(SCC(=O)Nc3ccc4c(c3)OCCO4)n2)cc1. The Balaban J connectivity index is 1.44. The third kappa shape index (κ3) is 4.90. The molecule has 1 aromatic heterocycles. The van der Waals surface area contributed by atoms with Crippen molar-refractivity contribution in [2.24, 2.45) is 0 Å². The van der Waals surface area contributed by atoms with E-state index in [0.29, 0.717) is 41.0 Å². The summed E-state index contributed by atoms with van der Waals surface area (Å²) in [6, 6.07) is 18.4. The zero-order valence-corrected chi connectivity index (χ0v) is 17.6. The number of thioether (sulfide) groups is 1. The molecular weight excluding hydrogens is 414 g/mol. The first kappa shape index (κ1) is 20.6. The van der Waals surface area contributed by atoms with Gasteiger partial charge in [-0.15, -0.1) is 0 Å². The molecule has 156 valence electrons. The number of aromatic nitrogens is 1. The van der Waals surface area contributed by atoms with Crippen LogP contribution in [0.25, 0.3) is 11.3 Å². The predicted octanol–water partition coefficient (Wildman–Crippen LogP) is 4.13. The lowest BCUT2D eigenvalue weighted by atomic mass is 10.1. The molecule has 1 aliphatic heterocycles. The highest BCUT2D eigenvalue weighted by Crippen LogP contribution is 2.33. The molecular formula is C23H19N3O4S. The first-order valence-electron chi connectivity index (χ1n) is 9.54. The Hall–Kier alpha value is -3.70. The number of hydrogen-bond donors (Lipinski definition) is 1. The number of methoxy groups -OCH3 is 1. The molecule has 0 radical (unpaired) electrons. The quantitative estimate of drug-likeness (QED) is 0.584. The van der Waals surface area contributed by atoms with Crippen LogP contribution in [0, 0.1) is 11.3 Å². The fraction of sp³-hybridized carbons (Fsp3) is 0.174. The fourth-order valence-corrected chi connectivity index (χ4v) is 3.78. The molecule has 1 N–H and O–H groups in total. The van der Waals surface area contributed by atoms with Crippen molar-refractivity contribution in [1.82, 2.24) is 4.98 Å². The van der Waals surface area contributed by atoms with Gasteiger partial charge in [0.25, 0.3) is 0 Å². The summed E-state index contributed by atoms with van der Waals surface area (Å²) < 4.78 is 16.2. The van der Waals surface area contributed by atoms with Crippen LogP contribution in [0.4, 0.5) is 5.69 Å². The number of nitrogens with one attached hydrogen (secondary N) is 1. The average Bonchev–Trinajstić information content (AvgIpc) is 2.82. The first-order valence-corrected chi connectivity index (χ1v) is 10.5. The van der Waals surface area contributed by atoms with Gasteiger partial charge < -0.3 is 19.5 Å². The molecule has 31 heavy (non-hydrogen) atoms. The van der Waals surface area contributed by atoms with E-state index in [0.717, 1.165) is 17.0 Å². The standard InChI is InChI=1S/C23H19N3O4S/c1-28-18-6-2-15(3-7-18)19-8-4-16(13-24)23(26-19)31-14-22(27)25-17-5-9-20-21(12-17)30-11-10-29-20/h2-9,12H,10-11,14H2,1H3,(H,25,27). The Bertz CT molecular complexity index is 1140. The maximum atomic E-state index is 12.5. The molecule has 0 atom stereocenters. The van der Waals surface area contributed by atoms with Crippen LogP contribution in [0.5, 0.6) is 17.2 Å². The van der Waals surface area contributed by atoms with Gasteiger partial charge in [0.2, 0.25) is 5.91 Å². The maximum absolute atomic E-state index is 12.5. The molecule has 0 aliphatic carbocycles. The summed E-state index contributed by atoms with van der Waals surface area (Å²) in [5, 5.41) is 12.8. The highest BCUT2D eigenvalue weighted by Gasteiger charge is 2.14. The monoisotopic (exact) mass is 433 g/mol. The molecule has 4 rings (SSSR count). The van der Waals surface area contributed by atoms with Crippen molar-refractivity contribution in [1.29, 1.82) is 5.26 Å². The fourth-order valence-electron chi connectivity index (χ4n) is 3.01. The molecule has 0 saturated carbocycles. The third-order valence-corrected chi connectivity index (χ3v) is 5.52. The largest absolute Gasteiger partial charge is 0.497 e. The van der Waals surface area contributed by atoms with Crippen LogP contribution in [-0.2, 0) is 4.79 Å². The lowest BCUT2D eigenvalue weighted by molar-refractivity contribution is -0.113. The molecule has 1 amide bonds. The lowest BCUT2D eigenvalue weighted by Crippen LogP contribution is -2.17. The van der Waals surface area contributed by atoms with Gasteiger partial charge in [-0.1, -0.05) is 11.8 Å². The number of amides is 1. The number of pyridine rings is 1. The number of ether oxygens (including phenoxy) is 3. The summed E-state index contributed by atoms with van der Waals surface area (Å²) in [5.41, 5.74) is 2.66. The number of anilines is 1. The third-order valence-electron chi connectivity index (χ3n) is 4.53. The maximum Gasteiger partial charge on any atom is 0.234 e. The number of rotatable bonds is 6. The van der Waals surface area contributed by atoms with E-state index in [1.54, 1.807) is 37.4 Å². The first-order chi connectivity index (χ1) is 15.2. The molecule has 1 aliphatic rings. The summed E-state index contributed by atoms with van der Waals surface area (Å²) in [7, 11) is 1.61. The Kier molecular flexibility index (Phi) is 6.24. The summed E-state index contributed by atoms with van der Waals surface area (Å²) in [4.78, 5) is 17.0. The number of nitriles is 1. The molecule has 2 aromatic carbocycles. The average molecular weight is 433 g/mol. The Morgan fingerprint density at radius 1 is 1.13 bits per heavy atom. The Morgan fingerprint density at radius 3 is 2.65 bits per heavy atom. The van der Waals surface area contributed by atoms with E-state index in [1.165, 1.54) is 11.8 Å². The van der Waals surface area contributed by atoms with E-state index in [9.17, 15) is 10.1 Å². The van der Waals surface area contributed by atoms with Crippen molar-refractivity contribution in [3.8, 4) is 34.6 Å². The molecule has 7 nitrogen and oxygen atoms in total. The van der Waals surface area contributed by atoms with Gasteiger partial charge in [-0.05, 0) is 48.5 Å². The molecule has 3 aromatic rings. The predicted molar refractivity (Wildman–Crippen MR) is 118 cm³/mol. The van der Waals surface area contributed by atoms with Gasteiger partial charge in [0.05, 0.1) is 24.1 Å². The zero-order chi connectivity index (χ0) is 21.6. The van der Waals surface area contributed by atoms with Gasteiger partial charge in [0.1, 0.15) is 30.1 Å². The topological polar surface area (TPSA) is 93.5 Å². The molecule has 0 bridgehead atoms. The second kappa shape index (κ2) is 9.41. The highest BCUT2D eigenvalue weighted by molar-refractivity contribution is 8.00. The molecule has 0 unspecified atom stereocenters. The summed E-state index contributed by atoms with van der Waals surface area (Å²) in [5.74, 6) is 1.93. The molecule has 0 fully saturated rings. The van der Waals surface area contributed by atoms with Crippen LogP contribution in [0.15, 0.2) is 59.6 Å². The second-order valence-electron chi connectivity index (χ2n) is 6.58. The van der Waals surface area contributed by atoms with Gasteiger partial charge >= 0.3 is 0 Å². The van der Waals surface area contributed by atoms with Gasteiger partial charge in [0, 0.05) is 17.3 Å². The summed E-state index contributed by atoms with van der Waals surface area (Å²) in [6.45, 7) is 0.993. The normalized spacial score (nSPS) is 12.0. The molecule has 0 spiro atoms. The Labute approximate surface area is 184 Å². The van der Waals surface area contributed by atoms with Crippen LogP contribution in [-0.4, -0.2) is 37.0 Å². The van der Waals surface area contributed by atoms with Crippen molar-refractivity contribution in [3.63, 3.8) is 0 Å². The smallest absolute Gasteiger partial charge is 0.234 e. The van der Waals surface area contributed by atoms with Crippen LogP contribution in [0.2, 0.25) is 0 Å². The van der Waals surface area contributed by atoms with Crippen LogP contribution >= 0.6 is 11.8 Å². The van der Waals surface area contributed by atoms with E-state index >= 15 is 0 Å². The molecule has 2 heterocycles. The second-order valence-corrected chi connectivity index (χ2v) is 7.55. The van der Waals surface area contributed by atoms with Crippen LogP contribution in [0.3, 0.4) is 0 Å². The highest BCUT2D eigenvalue weighted by atomic mass is 32.2. The number of benzene rings is 2. The van der Waals surface area contributed by atoms with E-state index in [2.05, 4.69) is 16.4 Å². The van der Waals surface area contributed by atoms with Gasteiger partial charge in [-0.2, -0.15) is 5.26 Å². The molecule has 8 heteroatoms. The summed E-state index contributed by atoms with van der Waals surface area (Å²) in [6.07, 6.45) is 0. The van der Waals surface area contributed by atoms with Crippen LogP contribution < -0.4 is 19.5 Å². The van der Waals surface area contributed by atoms with Crippen molar-refractivity contribution in [2.75, 3.05) is 31.4 Å². The van der Waals surface area contributed by atoms with E-state index in [1.807, 2.05) is 24.3 Å². The van der Waals surface area contributed by atoms with Crippen LogP contribution in [0.1, 0.15) is 5.56 Å². The number of carbonyl (C=O) groups excluding carboxylic acids is 1. The van der Waals surface area contributed by atoms with Crippen molar-refractivity contribution in [3.05, 3.63) is 60.2 Å². The lowest BCUT2D eigenvalue weighted by Gasteiger charge is -2.19.